The highest BCUT2D eigenvalue weighted by Crippen LogP contribution is 2.36. The molecule has 0 aliphatic heterocycles. The first-order valence-electron chi connectivity index (χ1n) is 14.2. The average Bonchev–Trinajstić information content (AvgIpc) is 3.16. The van der Waals surface area contributed by atoms with Gasteiger partial charge in [0.2, 0.25) is 0 Å². The third-order valence-corrected chi connectivity index (χ3v) is 8.12. The van der Waals surface area contributed by atoms with E-state index >= 15 is 0 Å². The minimum atomic E-state index is -0.624. The van der Waals surface area contributed by atoms with Crippen LogP contribution in [-0.4, -0.2) is 72.6 Å². The first kappa shape index (κ1) is 32.8. The molecule has 1 aromatic rings. The van der Waals surface area contributed by atoms with Crippen LogP contribution in [0.15, 0.2) is 24.3 Å². The molecule has 0 saturated heterocycles. The number of esters is 1. The van der Waals surface area contributed by atoms with Crippen LogP contribution in [0, 0.1) is 11.8 Å². The highest BCUT2D eigenvalue weighted by molar-refractivity contribution is 7.99. The van der Waals surface area contributed by atoms with Crippen LogP contribution in [0.5, 0.6) is 0 Å². The number of ether oxygens (including phenoxy) is 3. The quantitative estimate of drug-likeness (QED) is 0.167. The summed E-state index contributed by atoms with van der Waals surface area (Å²) in [7, 11) is 1.66. The van der Waals surface area contributed by atoms with E-state index in [1.807, 2.05) is 24.3 Å². The SMILES string of the molecule is CCCCOCCCOC(=O)CCCSCC[C@H]1C(=O)C[C@@H](O)[C@@H]1CC[C@@H](O)Cc1cccc(COC)c1. The number of rotatable bonds is 21. The van der Waals surface area contributed by atoms with Crippen LogP contribution in [0.3, 0.4) is 0 Å². The molecule has 0 unspecified atom stereocenters. The van der Waals surface area contributed by atoms with E-state index in [1.165, 1.54) is 0 Å². The van der Waals surface area contributed by atoms with Crippen molar-refractivity contribution in [3.8, 4) is 0 Å². The van der Waals surface area contributed by atoms with Gasteiger partial charge in [0, 0.05) is 45.5 Å². The Morgan fingerprint density at radius 1 is 1.11 bits per heavy atom. The van der Waals surface area contributed by atoms with E-state index in [-0.39, 0.29) is 30.0 Å². The highest BCUT2D eigenvalue weighted by atomic mass is 32.2. The number of benzene rings is 1. The van der Waals surface area contributed by atoms with Crippen LogP contribution >= 0.6 is 11.8 Å². The maximum Gasteiger partial charge on any atom is 0.305 e. The smallest absolute Gasteiger partial charge is 0.305 e. The van der Waals surface area contributed by atoms with Crippen molar-refractivity contribution in [3.63, 3.8) is 0 Å². The van der Waals surface area contributed by atoms with Gasteiger partial charge < -0.3 is 24.4 Å². The van der Waals surface area contributed by atoms with Crippen molar-refractivity contribution in [2.24, 2.45) is 11.8 Å². The molecule has 0 amide bonds. The molecule has 0 heterocycles. The van der Waals surface area contributed by atoms with Crippen molar-refractivity contribution >= 4 is 23.5 Å². The maximum atomic E-state index is 12.5. The van der Waals surface area contributed by atoms with Crippen molar-refractivity contribution in [2.45, 2.75) is 89.9 Å². The van der Waals surface area contributed by atoms with Crippen molar-refractivity contribution < 1.29 is 34.0 Å². The van der Waals surface area contributed by atoms with Crippen molar-refractivity contribution in [1.82, 2.24) is 0 Å². The predicted octanol–water partition coefficient (Wildman–Crippen LogP) is 4.74. The van der Waals surface area contributed by atoms with Gasteiger partial charge in [-0.2, -0.15) is 11.8 Å². The second-order valence-corrected chi connectivity index (χ2v) is 11.5. The molecule has 1 aromatic carbocycles. The third kappa shape index (κ3) is 13.1. The van der Waals surface area contributed by atoms with Crippen molar-refractivity contribution in [2.75, 3.05) is 38.4 Å². The summed E-state index contributed by atoms with van der Waals surface area (Å²) in [5.41, 5.74) is 2.13. The number of aliphatic hydroxyl groups is 2. The van der Waals surface area contributed by atoms with Crippen LogP contribution in [0.25, 0.3) is 0 Å². The summed E-state index contributed by atoms with van der Waals surface area (Å²) in [6.07, 6.45) is 5.59. The number of hydrogen-bond donors (Lipinski definition) is 2. The molecule has 1 fully saturated rings. The third-order valence-electron chi connectivity index (χ3n) is 7.02. The van der Waals surface area contributed by atoms with Gasteiger partial charge in [0.15, 0.2) is 0 Å². The lowest BCUT2D eigenvalue weighted by atomic mass is 9.86. The Hall–Kier alpha value is -1.45. The summed E-state index contributed by atoms with van der Waals surface area (Å²) in [6, 6.07) is 8.02. The number of methoxy groups -OCH3 is 1. The van der Waals surface area contributed by atoms with Gasteiger partial charge in [-0.15, -0.1) is 0 Å². The molecular weight excluding hydrogens is 504 g/mol. The van der Waals surface area contributed by atoms with Gasteiger partial charge in [-0.25, -0.2) is 0 Å². The summed E-state index contributed by atoms with van der Waals surface area (Å²) < 4.78 is 15.9. The fourth-order valence-electron chi connectivity index (χ4n) is 4.96. The first-order chi connectivity index (χ1) is 18.4. The second-order valence-electron chi connectivity index (χ2n) is 10.2. The molecule has 1 aliphatic carbocycles. The van der Waals surface area contributed by atoms with Gasteiger partial charge >= 0.3 is 5.97 Å². The Bertz CT molecular complexity index is 803. The number of thioether (sulfide) groups is 1. The zero-order valence-electron chi connectivity index (χ0n) is 23.3. The molecule has 1 aliphatic rings. The summed E-state index contributed by atoms with van der Waals surface area (Å²) >= 11 is 1.74. The van der Waals surface area contributed by atoms with Crippen molar-refractivity contribution in [3.05, 3.63) is 35.4 Å². The Labute approximate surface area is 233 Å². The van der Waals surface area contributed by atoms with Gasteiger partial charge in [-0.1, -0.05) is 37.6 Å². The standard InChI is InChI=1S/C30H48O7S/c1-3-4-14-36-15-7-16-37-30(34)10-6-17-38-18-13-27-26(28(32)21-29(27)33)12-11-25(31)20-23-8-5-9-24(19-23)22-35-2/h5,8-9,19,25-28,31-32H,3-4,6-7,10-18,20-22H2,1-2H3/t25-,26-,27-,28-/m1/s1. The number of aliphatic hydroxyl groups excluding tert-OH is 2. The molecular formula is C30H48O7S. The Morgan fingerprint density at radius 2 is 1.89 bits per heavy atom. The first-order valence-corrected chi connectivity index (χ1v) is 15.4. The normalized spacial score (nSPS) is 20.1. The van der Waals surface area contributed by atoms with Crippen LogP contribution in [-0.2, 0) is 36.8 Å². The topological polar surface area (TPSA) is 102 Å². The van der Waals surface area contributed by atoms with Crippen LogP contribution in [0.2, 0.25) is 0 Å². The molecule has 0 bridgehead atoms. The number of hydrogen-bond acceptors (Lipinski definition) is 8. The summed E-state index contributed by atoms with van der Waals surface area (Å²) in [5.74, 6) is 1.37. The number of unbranched alkanes of at least 4 members (excludes halogenated alkanes) is 1. The van der Waals surface area contributed by atoms with Gasteiger partial charge in [-0.05, 0) is 67.1 Å². The van der Waals surface area contributed by atoms with E-state index < -0.39 is 12.2 Å². The fourth-order valence-corrected chi connectivity index (χ4v) is 5.93. The molecule has 8 heteroatoms. The highest BCUT2D eigenvalue weighted by Gasteiger charge is 2.40. The average molecular weight is 553 g/mol. The van der Waals surface area contributed by atoms with E-state index in [1.54, 1.807) is 18.9 Å². The van der Waals surface area contributed by atoms with E-state index in [2.05, 4.69) is 6.92 Å². The predicted molar refractivity (Wildman–Crippen MR) is 151 cm³/mol. The second kappa shape index (κ2) is 19.6. The summed E-state index contributed by atoms with van der Waals surface area (Å²) in [5, 5.41) is 21.1. The number of ketones is 1. The number of Topliss-reactive ketones (excluding diaryl/α,β-unsaturated/α-hetero) is 1. The van der Waals surface area contributed by atoms with Crippen molar-refractivity contribution in [1.29, 1.82) is 0 Å². The number of carbonyl (C=O) groups is 2. The minimum Gasteiger partial charge on any atom is -0.466 e. The zero-order chi connectivity index (χ0) is 27.6. The van der Waals surface area contributed by atoms with Gasteiger partial charge in [0.05, 0.1) is 25.4 Å². The Morgan fingerprint density at radius 3 is 2.68 bits per heavy atom. The van der Waals surface area contributed by atoms with Gasteiger partial charge in [-0.3, -0.25) is 9.59 Å². The maximum absolute atomic E-state index is 12.5. The molecule has 0 aromatic heterocycles. The van der Waals surface area contributed by atoms with Gasteiger partial charge in [0.25, 0.3) is 0 Å². The van der Waals surface area contributed by atoms with E-state index in [4.69, 9.17) is 14.2 Å². The van der Waals surface area contributed by atoms with E-state index in [0.717, 1.165) is 61.3 Å². The molecule has 1 saturated carbocycles. The lowest BCUT2D eigenvalue weighted by molar-refractivity contribution is -0.144. The molecule has 2 N–H and O–H groups in total. The molecule has 216 valence electrons. The lowest BCUT2D eigenvalue weighted by Gasteiger charge is -2.22. The lowest BCUT2D eigenvalue weighted by Crippen LogP contribution is -2.23. The van der Waals surface area contributed by atoms with E-state index in [9.17, 15) is 19.8 Å². The monoisotopic (exact) mass is 552 g/mol. The largest absolute Gasteiger partial charge is 0.466 e. The molecule has 4 atom stereocenters. The minimum absolute atomic E-state index is 0.0986. The summed E-state index contributed by atoms with van der Waals surface area (Å²) in [4.78, 5) is 24.4. The fraction of sp³-hybridized carbons (Fsp3) is 0.733. The molecule has 0 spiro atoms. The Kier molecular flexibility index (Phi) is 16.9. The number of carbonyl (C=O) groups excluding carboxylic acids is 2. The van der Waals surface area contributed by atoms with Crippen LogP contribution < -0.4 is 0 Å². The van der Waals surface area contributed by atoms with E-state index in [0.29, 0.717) is 45.5 Å². The van der Waals surface area contributed by atoms with Gasteiger partial charge in [0.1, 0.15) is 5.78 Å². The zero-order valence-corrected chi connectivity index (χ0v) is 24.1. The van der Waals surface area contributed by atoms with Crippen LogP contribution in [0.1, 0.15) is 75.8 Å². The molecule has 2 rings (SSSR count). The summed E-state index contributed by atoms with van der Waals surface area (Å²) in [6.45, 7) is 4.46. The molecule has 0 radical (unpaired) electrons. The molecule has 7 nitrogen and oxygen atoms in total. The van der Waals surface area contributed by atoms with Crippen LogP contribution in [0.4, 0.5) is 0 Å². The molecule has 38 heavy (non-hydrogen) atoms. The Balaban J connectivity index is 1.60.